The number of pyridine rings is 1. The molecule has 0 aliphatic heterocycles. The van der Waals surface area contributed by atoms with Crippen LogP contribution < -0.4 is 10.5 Å². The van der Waals surface area contributed by atoms with Gasteiger partial charge in [-0.2, -0.15) is 9.90 Å². The predicted octanol–water partition coefficient (Wildman–Crippen LogP) is 2.00. The normalized spacial score (nSPS) is 12.0. The van der Waals surface area contributed by atoms with Crippen molar-refractivity contribution in [3.05, 3.63) is 54.4 Å². The van der Waals surface area contributed by atoms with Crippen LogP contribution in [-0.4, -0.2) is 52.5 Å². The zero-order chi connectivity index (χ0) is 22.7. The summed E-state index contributed by atoms with van der Waals surface area (Å²) in [4.78, 5) is 15.7. The molecule has 11 nitrogen and oxygen atoms in total. The molecule has 1 atom stereocenters. The van der Waals surface area contributed by atoms with E-state index < -0.39 is 23.6 Å². The molecule has 4 rings (SSSR count). The highest BCUT2D eigenvalue weighted by molar-refractivity contribution is 5.67. The van der Waals surface area contributed by atoms with E-state index in [0.29, 0.717) is 11.3 Å². The molecule has 0 radical (unpaired) electrons. The highest BCUT2D eigenvalue weighted by Gasteiger charge is 2.16. The van der Waals surface area contributed by atoms with Crippen molar-refractivity contribution in [1.29, 1.82) is 0 Å². The summed E-state index contributed by atoms with van der Waals surface area (Å²) < 4.78 is 34.3. The lowest BCUT2D eigenvalue weighted by atomic mass is 10.2. The second-order valence-corrected chi connectivity index (χ2v) is 6.75. The van der Waals surface area contributed by atoms with Crippen molar-refractivity contribution >= 4 is 5.97 Å². The van der Waals surface area contributed by atoms with Crippen LogP contribution in [-0.2, 0) is 11.3 Å². The van der Waals surface area contributed by atoms with Gasteiger partial charge >= 0.3 is 5.97 Å². The largest absolute Gasteiger partial charge is 0.481 e. The Morgan fingerprint density at radius 3 is 2.78 bits per heavy atom. The number of H-pyrrole nitrogens is 1. The molecule has 32 heavy (non-hydrogen) atoms. The first-order valence-electron chi connectivity index (χ1n) is 9.27. The second-order valence-electron chi connectivity index (χ2n) is 6.75. The van der Waals surface area contributed by atoms with Crippen LogP contribution >= 0.6 is 0 Å². The summed E-state index contributed by atoms with van der Waals surface area (Å²) in [5.74, 6) is -2.85. The highest BCUT2D eigenvalue weighted by Crippen LogP contribution is 2.29. The molecule has 3 heterocycles. The maximum atomic E-state index is 14.6. The summed E-state index contributed by atoms with van der Waals surface area (Å²) in [6.07, 6.45) is 2.65. The third kappa shape index (κ3) is 4.73. The molecule has 4 aromatic rings. The Labute approximate surface area is 178 Å². The maximum absolute atomic E-state index is 14.6. The fourth-order valence-electron chi connectivity index (χ4n) is 2.84. The monoisotopic (exact) mass is 442 g/mol. The third-order valence-electron chi connectivity index (χ3n) is 4.30. The Morgan fingerprint density at radius 1 is 1.25 bits per heavy atom. The van der Waals surface area contributed by atoms with Crippen molar-refractivity contribution in [2.75, 3.05) is 0 Å². The summed E-state index contributed by atoms with van der Waals surface area (Å²) in [5.41, 5.74) is 6.78. The van der Waals surface area contributed by atoms with E-state index in [-0.39, 0.29) is 36.0 Å². The highest BCUT2D eigenvalue weighted by atomic mass is 19.1. The van der Waals surface area contributed by atoms with Crippen LogP contribution in [0.1, 0.15) is 6.42 Å². The number of carboxylic acids is 1. The zero-order valence-corrected chi connectivity index (χ0v) is 16.3. The van der Waals surface area contributed by atoms with Gasteiger partial charge in [-0.15, -0.1) is 10.2 Å². The van der Waals surface area contributed by atoms with E-state index in [9.17, 15) is 13.6 Å². The minimum atomic E-state index is -1.05. The van der Waals surface area contributed by atoms with Gasteiger partial charge in [0.05, 0.1) is 24.2 Å². The number of nitrogens with two attached hydrogens (primary N) is 1. The molecule has 0 unspecified atom stereocenters. The number of hydrogen-bond acceptors (Lipinski definition) is 8. The van der Waals surface area contributed by atoms with Crippen LogP contribution in [0.5, 0.6) is 11.6 Å². The number of aliphatic carboxylic acids is 1. The van der Waals surface area contributed by atoms with Gasteiger partial charge in [-0.3, -0.25) is 9.89 Å². The Kier molecular flexibility index (Phi) is 5.81. The lowest BCUT2D eigenvalue weighted by molar-refractivity contribution is -0.137. The SMILES string of the molecule is N[C@@H](CC(=O)O)Cn1nnc(-c2ccc(Oc3ncc(-c4ccn[nH]4)cc3F)cc2F)n1. The van der Waals surface area contributed by atoms with Gasteiger partial charge in [-0.05, 0) is 29.5 Å². The van der Waals surface area contributed by atoms with Crippen LogP contribution in [0.25, 0.3) is 22.6 Å². The smallest absolute Gasteiger partial charge is 0.304 e. The molecule has 0 bridgehead atoms. The topological polar surface area (TPSA) is 158 Å². The molecule has 0 aliphatic carbocycles. The lowest BCUT2D eigenvalue weighted by Gasteiger charge is -2.08. The average Bonchev–Trinajstić information content (AvgIpc) is 3.41. The van der Waals surface area contributed by atoms with Crippen LogP contribution in [0.2, 0.25) is 0 Å². The molecule has 1 aromatic carbocycles. The molecule has 4 N–H and O–H groups in total. The van der Waals surface area contributed by atoms with E-state index in [1.165, 1.54) is 30.6 Å². The van der Waals surface area contributed by atoms with E-state index in [2.05, 4.69) is 30.6 Å². The molecule has 3 aromatic heterocycles. The van der Waals surface area contributed by atoms with Crippen LogP contribution in [0.3, 0.4) is 0 Å². The first kappa shape index (κ1) is 21.0. The molecular formula is C19H16F2N8O3. The van der Waals surface area contributed by atoms with Crippen molar-refractivity contribution in [3.8, 4) is 34.3 Å². The van der Waals surface area contributed by atoms with E-state index in [4.69, 9.17) is 15.6 Å². The number of rotatable bonds is 8. The van der Waals surface area contributed by atoms with Crippen LogP contribution in [0, 0.1) is 11.6 Å². The number of carboxylic acid groups (broad SMARTS) is 1. The zero-order valence-electron chi connectivity index (χ0n) is 16.3. The molecule has 0 aliphatic rings. The van der Waals surface area contributed by atoms with Gasteiger partial charge in [0.25, 0.3) is 5.88 Å². The fourth-order valence-corrected chi connectivity index (χ4v) is 2.84. The quantitative estimate of drug-likeness (QED) is 0.371. The number of aromatic amines is 1. The number of tetrazole rings is 1. The number of hydrogen-bond donors (Lipinski definition) is 3. The number of aromatic nitrogens is 7. The van der Waals surface area contributed by atoms with Gasteiger partial charge in [-0.25, -0.2) is 13.8 Å². The predicted molar refractivity (Wildman–Crippen MR) is 105 cm³/mol. The average molecular weight is 442 g/mol. The van der Waals surface area contributed by atoms with E-state index in [1.54, 1.807) is 6.07 Å². The molecule has 0 saturated carbocycles. The Bertz CT molecular complexity index is 1250. The van der Waals surface area contributed by atoms with E-state index >= 15 is 0 Å². The minimum Gasteiger partial charge on any atom is -0.481 e. The van der Waals surface area contributed by atoms with Gasteiger partial charge in [0, 0.05) is 30.1 Å². The van der Waals surface area contributed by atoms with Crippen molar-refractivity contribution in [2.24, 2.45) is 5.73 Å². The summed E-state index contributed by atoms with van der Waals surface area (Å²) in [6, 6.07) is 5.94. The minimum absolute atomic E-state index is 0.00159. The van der Waals surface area contributed by atoms with Gasteiger partial charge in [-0.1, -0.05) is 0 Å². The van der Waals surface area contributed by atoms with Crippen LogP contribution in [0.15, 0.2) is 42.7 Å². The Hall–Kier alpha value is -4.26. The number of halogens is 2. The fraction of sp³-hybridized carbons (Fsp3) is 0.158. The van der Waals surface area contributed by atoms with Gasteiger partial charge < -0.3 is 15.6 Å². The van der Waals surface area contributed by atoms with Crippen molar-refractivity contribution in [3.63, 3.8) is 0 Å². The maximum Gasteiger partial charge on any atom is 0.304 e. The van der Waals surface area contributed by atoms with E-state index in [1.807, 2.05) is 0 Å². The number of carbonyl (C=O) groups is 1. The molecule has 0 saturated heterocycles. The standard InChI is InChI=1S/C19H16F2N8O3/c20-14-7-12(32-19-15(21)5-10(8-23-19)16-3-4-24-25-16)1-2-13(14)18-26-28-29(27-18)9-11(22)6-17(30)31/h1-5,7-8,11H,6,9,22H2,(H,24,25)(H,30,31)/t11-/m0/s1. The van der Waals surface area contributed by atoms with E-state index in [0.717, 1.165) is 10.9 Å². The third-order valence-corrected chi connectivity index (χ3v) is 4.30. The molecule has 164 valence electrons. The molecule has 0 spiro atoms. The lowest BCUT2D eigenvalue weighted by Crippen LogP contribution is -2.30. The number of benzene rings is 1. The van der Waals surface area contributed by atoms with Crippen molar-refractivity contribution in [1.82, 2.24) is 35.4 Å². The number of nitrogens with one attached hydrogen (secondary N) is 1. The summed E-state index contributed by atoms with van der Waals surface area (Å²) in [7, 11) is 0. The molecule has 0 amide bonds. The first-order valence-corrected chi connectivity index (χ1v) is 9.27. The summed E-state index contributed by atoms with van der Waals surface area (Å²) in [6.45, 7) is 0.00159. The van der Waals surface area contributed by atoms with Crippen molar-refractivity contribution in [2.45, 2.75) is 19.0 Å². The van der Waals surface area contributed by atoms with Crippen LogP contribution in [0.4, 0.5) is 8.78 Å². The summed E-state index contributed by atoms with van der Waals surface area (Å²) in [5, 5.41) is 26.8. The molecular weight excluding hydrogens is 426 g/mol. The van der Waals surface area contributed by atoms with Crippen molar-refractivity contribution < 1.29 is 23.4 Å². The number of ether oxygens (including phenoxy) is 1. The molecule has 0 fully saturated rings. The molecule has 13 heteroatoms. The Balaban J connectivity index is 1.48. The summed E-state index contributed by atoms with van der Waals surface area (Å²) >= 11 is 0. The van der Waals surface area contributed by atoms with Gasteiger partial charge in [0.15, 0.2) is 5.82 Å². The van der Waals surface area contributed by atoms with Gasteiger partial charge in [0.2, 0.25) is 5.82 Å². The number of nitrogens with zero attached hydrogens (tertiary/aromatic N) is 6. The Morgan fingerprint density at radius 2 is 2.09 bits per heavy atom. The van der Waals surface area contributed by atoms with Gasteiger partial charge in [0.1, 0.15) is 11.6 Å². The first-order chi connectivity index (χ1) is 15.4. The second kappa shape index (κ2) is 8.85.